The van der Waals surface area contributed by atoms with Gasteiger partial charge in [0, 0.05) is 4.47 Å². The van der Waals surface area contributed by atoms with E-state index in [1.165, 1.54) is 0 Å². The zero-order chi connectivity index (χ0) is 10.4. The maximum absolute atomic E-state index is 5.96. The van der Waals surface area contributed by atoms with Gasteiger partial charge in [-0.05, 0) is 37.6 Å². The van der Waals surface area contributed by atoms with E-state index >= 15 is 0 Å². The molecule has 0 saturated heterocycles. The van der Waals surface area contributed by atoms with E-state index in [0.717, 1.165) is 23.1 Å². The molecule has 0 fully saturated rings. The molecule has 0 aromatic heterocycles. The maximum atomic E-state index is 5.96. The van der Waals surface area contributed by atoms with E-state index in [2.05, 4.69) is 15.9 Å². The van der Waals surface area contributed by atoms with Crippen LogP contribution < -0.4 is 10.5 Å². The fourth-order valence-corrected chi connectivity index (χ4v) is 1.75. The molecular weight excluding hydrogens is 265 g/mol. The smallest absolute Gasteiger partial charge is 0.137 e. The van der Waals surface area contributed by atoms with Crippen LogP contribution in [-0.4, -0.2) is 13.2 Å². The van der Waals surface area contributed by atoms with Crippen molar-refractivity contribution in [1.82, 2.24) is 0 Å². The van der Waals surface area contributed by atoms with Crippen LogP contribution in [0.4, 0.5) is 0 Å². The third kappa shape index (κ3) is 3.86. The second-order valence-corrected chi connectivity index (χ2v) is 4.24. The van der Waals surface area contributed by atoms with Gasteiger partial charge in [-0.1, -0.05) is 27.5 Å². The van der Waals surface area contributed by atoms with Gasteiger partial charge in [-0.2, -0.15) is 0 Å². The quantitative estimate of drug-likeness (QED) is 0.839. The molecule has 2 N–H and O–H groups in total. The molecule has 0 atom stereocenters. The molecule has 1 aromatic rings. The van der Waals surface area contributed by atoms with Crippen LogP contribution in [0.15, 0.2) is 22.7 Å². The van der Waals surface area contributed by atoms with Crippen LogP contribution in [0, 0.1) is 0 Å². The van der Waals surface area contributed by atoms with Crippen LogP contribution in [0.2, 0.25) is 5.02 Å². The number of benzene rings is 1. The molecule has 1 aromatic carbocycles. The van der Waals surface area contributed by atoms with Crippen LogP contribution >= 0.6 is 27.5 Å². The number of unbranched alkanes of at least 4 members (excludes halogenated alkanes) is 1. The minimum atomic E-state index is 0.632. The van der Waals surface area contributed by atoms with Crippen molar-refractivity contribution in [2.24, 2.45) is 5.73 Å². The van der Waals surface area contributed by atoms with E-state index in [1.807, 2.05) is 18.2 Å². The molecule has 14 heavy (non-hydrogen) atoms. The lowest BCUT2D eigenvalue weighted by Crippen LogP contribution is -2.03. The first-order chi connectivity index (χ1) is 6.74. The SMILES string of the molecule is NCCCCOc1ccc(Br)cc1Cl. The van der Waals surface area contributed by atoms with Crippen molar-refractivity contribution in [2.45, 2.75) is 12.8 Å². The number of hydrogen-bond acceptors (Lipinski definition) is 2. The Morgan fingerprint density at radius 1 is 1.36 bits per heavy atom. The van der Waals surface area contributed by atoms with Gasteiger partial charge < -0.3 is 10.5 Å². The second kappa shape index (κ2) is 6.27. The average Bonchev–Trinajstić information content (AvgIpc) is 2.15. The van der Waals surface area contributed by atoms with Crippen LogP contribution in [0.3, 0.4) is 0 Å². The zero-order valence-corrected chi connectivity index (χ0v) is 10.1. The van der Waals surface area contributed by atoms with E-state index in [4.69, 9.17) is 22.1 Å². The molecule has 0 amide bonds. The summed E-state index contributed by atoms with van der Waals surface area (Å²) in [6.07, 6.45) is 1.94. The average molecular weight is 279 g/mol. The Bertz CT molecular complexity index is 293. The lowest BCUT2D eigenvalue weighted by atomic mass is 10.3. The van der Waals surface area contributed by atoms with Gasteiger partial charge in [0.05, 0.1) is 11.6 Å². The lowest BCUT2D eigenvalue weighted by molar-refractivity contribution is 0.308. The van der Waals surface area contributed by atoms with Crippen LogP contribution in [0.25, 0.3) is 0 Å². The van der Waals surface area contributed by atoms with E-state index in [9.17, 15) is 0 Å². The summed E-state index contributed by atoms with van der Waals surface area (Å²) in [5.41, 5.74) is 5.37. The predicted molar refractivity (Wildman–Crippen MR) is 62.9 cm³/mol. The highest BCUT2D eigenvalue weighted by atomic mass is 79.9. The van der Waals surface area contributed by atoms with Gasteiger partial charge in [0.1, 0.15) is 5.75 Å². The minimum Gasteiger partial charge on any atom is -0.492 e. The molecule has 0 bridgehead atoms. The topological polar surface area (TPSA) is 35.2 Å². The Hall–Kier alpha value is -0.250. The normalized spacial score (nSPS) is 10.2. The van der Waals surface area contributed by atoms with Gasteiger partial charge in [-0.3, -0.25) is 0 Å². The molecule has 1 rings (SSSR count). The number of hydrogen-bond donors (Lipinski definition) is 1. The molecule has 4 heteroatoms. The lowest BCUT2D eigenvalue weighted by Gasteiger charge is -2.07. The van der Waals surface area contributed by atoms with Crippen molar-refractivity contribution in [3.8, 4) is 5.75 Å². The Balaban J connectivity index is 2.42. The summed E-state index contributed by atoms with van der Waals surface area (Å²) >= 11 is 9.30. The molecule has 0 aliphatic heterocycles. The standard InChI is InChI=1S/C10H13BrClNO/c11-8-3-4-10(9(12)7-8)14-6-2-1-5-13/h3-4,7H,1-2,5-6,13H2. The highest BCUT2D eigenvalue weighted by molar-refractivity contribution is 9.10. The molecule has 0 aliphatic carbocycles. The molecule has 0 unspecified atom stereocenters. The van der Waals surface area contributed by atoms with E-state index in [1.54, 1.807) is 0 Å². The van der Waals surface area contributed by atoms with E-state index in [0.29, 0.717) is 18.2 Å². The maximum Gasteiger partial charge on any atom is 0.137 e. The monoisotopic (exact) mass is 277 g/mol. The first kappa shape index (κ1) is 11.8. The van der Waals surface area contributed by atoms with Crippen LogP contribution in [0.1, 0.15) is 12.8 Å². The summed E-state index contributed by atoms with van der Waals surface area (Å²) in [6.45, 7) is 1.37. The van der Waals surface area contributed by atoms with Gasteiger partial charge in [-0.25, -0.2) is 0 Å². The summed E-state index contributed by atoms with van der Waals surface area (Å²) in [6, 6.07) is 5.58. The molecular formula is C10H13BrClNO. The molecule has 0 spiro atoms. The number of rotatable bonds is 5. The van der Waals surface area contributed by atoms with Gasteiger partial charge in [0.15, 0.2) is 0 Å². The first-order valence-corrected chi connectivity index (χ1v) is 5.69. The van der Waals surface area contributed by atoms with Gasteiger partial charge in [0.25, 0.3) is 0 Å². The minimum absolute atomic E-state index is 0.632. The van der Waals surface area contributed by atoms with Crippen molar-refractivity contribution in [3.05, 3.63) is 27.7 Å². The number of halogens is 2. The fraction of sp³-hybridized carbons (Fsp3) is 0.400. The summed E-state index contributed by atoms with van der Waals surface area (Å²) in [7, 11) is 0. The van der Waals surface area contributed by atoms with Crippen molar-refractivity contribution in [1.29, 1.82) is 0 Å². The third-order valence-electron chi connectivity index (χ3n) is 1.75. The van der Waals surface area contributed by atoms with Gasteiger partial charge in [0.2, 0.25) is 0 Å². The number of nitrogens with two attached hydrogens (primary N) is 1. The Kier molecular flexibility index (Phi) is 5.30. The van der Waals surface area contributed by atoms with E-state index < -0.39 is 0 Å². The van der Waals surface area contributed by atoms with Crippen molar-refractivity contribution >= 4 is 27.5 Å². The van der Waals surface area contributed by atoms with Crippen molar-refractivity contribution in [2.75, 3.05) is 13.2 Å². The molecule has 0 aliphatic rings. The molecule has 0 radical (unpaired) electrons. The zero-order valence-electron chi connectivity index (χ0n) is 7.80. The molecule has 78 valence electrons. The van der Waals surface area contributed by atoms with Crippen LogP contribution in [0.5, 0.6) is 5.75 Å². The van der Waals surface area contributed by atoms with Crippen molar-refractivity contribution in [3.63, 3.8) is 0 Å². The summed E-state index contributed by atoms with van der Waals surface area (Å²) in [5.74, 6) is 0.729. The van der Waals surface area contributed by atoms with Crippen LogP contribution in [-0.2, 0) is 0 Å². The highest BCUT2D eigenvalue weighted by Gasteiger charge is 2.01. The fourth-order valence-electron chi connectivity index (χ4n) is 1.02. The largest absolute Gasteiger partial charge is 0.492 e. The molecule has 0 heterocycles. The Labute approximate surface area is 97.5 Å². The summed E-state index contributed by atoms with van der Waals surface area (Å²) in [4.78, 5) is 0. The molecule has 0 saturated carbocycles. The Morgan fingerprint density at radius 2 is 2.14 bits per heavy atom. The molecule has 2 nitrogen and oxygen atoms in total. The van der Waals surface area contributed by atoms with Gasteiger partial charge >= 0.3 is 0 Å². The Morgan fingerprint density at radius 3 is 2.79 bits per heavy atom. The third-order valence-corrected chi connectivity index (χ3v) is 2.54. The number of ether oxygens (including phenoxy) is 1. The summed E-state index contributed by atoms with van der Waals surface area (Å²) in [5, 5.41) is 0.632. The first-order valence-electron chi connectivity index (χ1n) is 4.52. The predicted octanol–water partition coefficient (Wildman–Crippen LogP) is 3.22. The van der Waals surface area contributed by atoms with Crippen molar-refractivity contribution < 1.29 is 4.74 Å². The van der Waals surface area contributed by atoms with Gasteiger partial charge in [-0.15, -0.1) is 0 Å². The highest BCUT2D eigenvalue weighted by Crippen LogP contribution is 2.27. The van der Waals surface area contributed by atoms with E-state index in [-0.39, 0.29) is 0 Å². The second-order valence-electron chi connectivity index (χ2n) is 2.92. The summed E-state index contributed by atoms with van der Waals surface area (Å²) < 4.78 is 6.44.